The first-order valence-electron chi connectivity index (χ1n) is 6.43. The Morgan fingerprint density at radius 1 is 1.24 bits per heavy atom. The third-order valence-electron chi connectivity index (χ3n) is 3.26. The highest BCUT2D eigenvalue weighted by Crippen LogP contribution is 2.45. The van der Waals surface area contributed by atoms with Crippen LogP contribution in [-0.4, -0.2) is 12.8 Å². The molecule has 0 N–H and O–H groups in total. The minimum Gasteiger partial charge on any atom is -0.451 e. The smallest absolute Gasteiger partial charge is 0.247 e. The minimum atomic E-state index is -0.614. The molecule has 1 aliphatic heterocycles. The van der Waals surface area contributed by atoms with E-state index in [1.807, 2.05) is 37.3 Å². The molecule has 6 heteroatoms. The lowest BCUT2D eigenvalue weighted by molar-refractivity contribution is 0.0584. The summed E-state index contributed by atoms with van der Waals surface area (Å²) < 4.78 is 11.4. The van der Waals surface area contributed by atoms with Crippen molar-refractivity contribution in [3.05, 3.63) is 57.4 Å². The number of azide groups is 1. The van der Waals surface area contributed by atoms with Gasteiger partial charge in [0, 0.05) is 21.6 Å². The zero-order valence-corrected chi connectivity index (χ0v) is 12.0. The molecule has 0 fully saturated rings. The van der Waals surface area contributed by atoms with Crippen molar-refractivity contribution in [1.29, 1.82) is 0 Å². The highest BCUT2D eigenvalue weighted by Gasteiger charge is 2.27. The Labute approximate surface area is 126 Å². The fraction of sp³-hybridized carbons (Fsp3) is 0.200. The molecule has 1 heterocycles. The predicted molar refractivity (Wildman–Crippen MR) is 80.7 cm³/mol. The van der Waals surface area contributed by atoms with Crippen molar-refractivity contribution in [2.75, 3.05) is 6.54 Å². The quantitative estimate of drug-likeness (QED) is 0.467. The topological polar surface area (TPSA) is 67.2 Å². The van der Waals surface area contributed by atoms with Crippen molar-refractivity contribution in [2.45, 2.75) is 13.2 Å². The summed E-state index contributed by atoms with van der Waals surface area (Å²) in [5, 5.41) is 4.05. The van der Waals surface area contributed by atoms with Crippen LogP contribution in [0.3, 0.4) is 0 Å². The molecule has 0 saturated heterocycles. The second-order valence-electron chi connectivity index (χ2n) is 4.67. The van der Waals surface area contributed by atoms with E-state index in [9.17, 15) is 0 Å². The summed E-state index contributed by atoms with van der Waals surface area (Å²) >= 11 is 6.17. The molecule has 0 saturated carbocycles. The Kier molecular flexibility index (Phi) is 3.60. The van der Waals surface area contributed by atoms with Gasteiger partial charge < -0.3 is 9.47 Å². The summed E-state index contributed by atoms with van der Waals surface area (Å²) in [6.07, 6.45) is -0.614. The van der Waals surface area contributed by atoms with Crippen molar-refractivity contribution in [2.24, 2.45) is 5.11 Å². The maximum absolute atomic E-state index is 8.38. The number of hydrogen-bond donors (Lipinski definition) is 0. The van der Waals surface area contributed by atoms with Gasteiger partial charge in [0.1, 0.15) is 6.54 Å². The van der Waals surface area contributed by atoms with Gasteiger partial charge in [0.25, 0.3) is 0 Å². The Balaban J connectivity index is 2.05. The SMILES string of the molecule is Cc1ccccc1-c1cc(Cl)cc2c1OC(CN=[N+]=[N-])O2. The molecule has 1 unspecified atom stereocenters. The minimum absolute atomic E-state index is 0.107. The summed E-state index contributed by atoms with van der Waals surface area (Å²) in [6.45, 7) is 2.13. The number of fused-ring (bicyclic) bond motifs is 1. The summed E-state index contributed by atoms with van der Waals surface area (Å²) in [5.41, 5.74) is 11.4. The van der Waals surface area contributed by atoms with Crippen LogP contribution in [0.1, 0.15) is 5.56 Å². The maximum atomic E-state index is 8.38. The van der Waals surface area contributed by atoms with Crippen LogP contribution in [0.15, 0.2) is 41.5 Å². The van der Waals surface area contributed by atoms with E-state index in [0.717, 1.165) is 16.7 Å². The summed E-state index contributed by atoms with van der Waals surface area (Å²) in [4.78, 5) is 2.71. The Bertz CT molecular complexity index is 742. The predicted octanol–water partition coefficient (Wildman–Crippen LogP) is 4.72. The molecule has 0 radical (unpaired) electrons. The zero-order chi connectivity index (χ0) is 14.8. The van der Waals surface area contributed by atoms with Crippen LogP contribution in [-0.2, 0) is 0 Å². The van der Waals surface area contributed by atoms with Crippen LogP contribution in [0.5, 0.6) is 11.5 Å². The van der Waals surface area contributed by atoms with Crippen molar-refractivity contribution < 1.29 is 9.47 Å². The lowest BCUT2D eigenvalue weighted by Crippen LogP contribution is -2.21. The van der Waals surface area contributed by atoms with Gasteiger partial charge in [-0.2, -0.15) is 0 Å². The molecular formula is C15H12ClN3O2. The summed E-state index contributed by atoms with van der Waals surface area (Å²) in [7, 11) is 0. The second kappa shape index (κ2) is 5.56. The van der Waals surface area contributed by atoms with Gasteiger partial charge in [-0.15, -0.1) is 0 Å². The fourth-order valence-electron chi connectivity index (χ4n) is 2.33. The number of nitrogens with zero attached hydrogens (tertiary/aromatic N) is 3. The average Bonchev–Trinajstić information content (AvgIpc) is 2.87. The first-order valence-corrected chi connectivity index (χ1v) is 6.80. The maximum Gasteiger partial charge on any atom is 0.247 e. The molecule has 3 rings (SSSR count). The van der Waals surface area contributed by atoms with E-state index in [-0.39, 0.29) is 6.54 Å². The van der Waals surface area contributed by atoms with Gasteiger partial charge in [-0.05, 0) is 29.6 Å². The van der Waals surface area contributed by atoms with Gasteiger partial charge in [-0.1, -0.05) is 41.0 Å². The van der Waals surface area contributed by atoms with Crippen LogP contribution < -0.4 is 9.47 Å². The number of benzene rings is 2. The van der Waals surface area contributed by atoms with Gasteiger partial charge in [-0.3, -0.25) is 0 Å². The molecule has 0 bridgehead atoms. The molecule has 2 aromatic rings. The molecule has 2 aromatic carbocycles. The molecule has 0 aromatic heterocycles. The van der Waals surface area contributed by atoms with E-state index in [0.29, 0.717) is 16.5 Å². The standard InChI is InChI=1S/C15H12ClN3O2/c1-9-4-2-3-5-11(9)12-6-10(16)7-13-15(12)21-14(20-13)8-18-19-17/h2-7,14H,8H2,1H3. The van der Waals surface area contributed by atoms with Crippen LogP contribution in [0, 0.1) is 6.92 Å². The van der Waals surface area contributed by atoms with Crippen LogP contribution in [0.4, 0.5) is 0 Å². The van der Waals surface area contributed by atoms with Gasteiger partial charge in [0.2, 0.25) is 6.29 Å². The van der Waals surface area contributed by atoms with Crippen LogP contribution in [0.25, 0.3) is 21.6 Å². The van der Waals surface area contributed by atoms with Crippen LogP contribution in [0.2, 0.25) is 5.02 Å². The number of hydrogen-bond acceptors (Lipinski definition) is 3. The molecule has 1 atom stereocenters. The molecular weight excluding hydrogens is 290 g/mol. The van der Waals surface area contributed by atoms with Gasteiger partial charge in [0.05, 0.1) is 0 Å². The van der Waals surface area contributed by atoms with Crippen molar-refractivity contribution in [1.82, 2.24) is 0 Å². The van der Waals surface area contributed by atoms with Gasteiger partial charge >= 0.3 is 0 Å². The monoisotopic (exact) mass is 301 g/mol. The van der Waals surface area contributed by atoms with Crippen molar-refractivity contribution >= 4 is 11.6 Å². The Morgan fingerprint density at radius 2 is 2.05 bits per heavy atom. The normalized spacial score (nSPS) is 15.6. The zero-order valence-electron chi connectivity index (χ0n) is 11.3. The largest absolute Gasteiger partial charge is 0.451 e. The van der Waals surface area contributed by atoms with E-state index in [4.69, 9.17) is 26.6 Å². The molecule has 0 spiro atoms. The molecule has 5 nitrogen and oxygen atoms in total. The van der Waals surface area contributed by atoms with E-state index in [1.54, 1.807) is 6.07 Å². The lowest BCUT2D eigenvalue weighted by atomic mass is 9.99. The number of halogens is 1. The number of ether oxygens (including phenoxy) is 2. The van der Waals surface area contributed by atoms with E-state index in [1.165, 1.54) is 0 Å². The third kappa shape index (κ3) is 2.61. The summed E-state index contributed by atoms with van der Waals surface area (Å²) in [5.74, 6) is 1.20. The van der Waals surface area contributed by atoms with Crippen molar-refractivity contribution in [3.63, 3.8) is 0 Å². The summed E-state index contributed by atoms with van der Waals surface area (Å²) in [6, 6.07) is 11.5. The fourth-order valence-corrected chi connectivity index (χ4v) is 2.54. The van der Waals surface area contributed by atoms with Gasteiger partial charge in [-0.25, -0.2) is 0 Å². The molecule has 1 aliphatic rings. The Hall–Kier alpha value is -2.36. The second-order valence-corrected chi connectivity index (χ2v) is 5.11. The Morgan fingerprint density at radius 3 is 2.81 bits per heavy atom. The lowest BCUT2D eigenvalue weighted by Gasteiger charge is -2.10. The molecule has 106 valence electrons. The molecule has 21 heavy (non-hydrogen) atoms. The highest BCUT2D eigenvalue weighted by atomic mass is 35.5. The number of aryl methyl sites for hydroxylation is 1. The highest BCUT2D eigenvalue weighted by molar-refractivity contribution is 6.31. The third-order valence-corrected chi connectivity index (χ3v) is 3.47. The first-order chi connectivity index (χ1) is 10.2. The molecule has 0 aliphatic carbocycles. The first kappa shape index (κ1) is 13.6. The van der Waals surface area contributed by atoms with Crippen LogP contribution >= 0.6 is 11.6 Å². The number of rotatable bonds is 3. The average molecular weight is 302 g/mol. The van der Waals surface area contributed by atoms with E-state index in [2.05, 4.69) is 10.0 Å². The van der Waals surface area contributed by atoms with Gasteiger partial charge in [0.15, 0.2) is 11.5 Å². The molecule has 0 amide bonds. The van der Waals surface area contributed by atoms with E-state index >= 15 is 0 Å². The van der Waals surface area contributed by atoms with E-state index < -0.39 is 6.29 Å². The van der Waals surface area contributed by atoms with Crippen molar-refractivity contribution in [3.8, 4) is 22.6 Å².